The van der Waals surface area contributed by atoms with Crippen LogP contribution >= 0.6 is 0 Å². The lowest BCUT2D eigenvalue weighted by molar-refractivity contribution is 0.101. The van der Waals surface area contributed by atoms with E-state index < -0.39 is 0 Å². The van der Waals surface area contributed by atoms with Crippen molar-refractivity contribution >= 4 is 0 Å². The van der Waals surface area contributed by atoms with Crippen LogP contribution < -0.4 is 5.73 Å². The third kappa shape index (κ3) is 2.79. The summed E-state index contributed by atoms with van der Waals surface area (Å²) in [6, 6.07) is 2.04. The molecule has 0 bridgehead atoms. The van der Waals surface area contributed by atoms with Crippen molar-refractivity contribution < 1.29 is 4.74 Å². The summed E-state index contributed by atoms with van der Waals surface area (Å²) in [5.41, 5.74) is 7.04. The van der Waals surface area contributed by atoms with Gasteiger partial charge in [-0.05, 0) is 31.7 Å². The highest BCUT2D eigenvalue weighted by molar-refractivity contribution is 5.04. The molecule has 0 amide bonds. The van der Waals surface area contributed by atoms with Crippen LogP contribution in [-0.2, 0) is 11.8 Å². The Balaban J connectivity index is 1.79. The van der Waals surface area contributed by atoms with E-state index in [4.69, 9.17) is 10.5 Å². The number of hydrogen-bond acceptors (Lipinski definition) is 3. The normalized spacial score (nSPS) is 23.2. The van der Waals surface area contributed by atoms with Gasteiger partial charge < -0.3 is 10.5 Å². The maximum atomic E-state index is 6.06. The summed E-state index contributed by atoms with van der Waals surface area (Å²) >= 11 is 0. The Kier molecular flexibility index (Phi) is 3.38. The lowest BCUT2D eigenvalue weighted by atomic mass is 10.0. The smallest absolute Gasteiger partial charge is 0.0791 e. The summed E-state index contributed by atoms with van der Waals surface area (Å²) in [5, 5.41) is 4.31. The molecule has 0 spiro atoms. The van der Waals surface area contributed by atoms with Crippen molar-refractivity contribution in [2.45, 2.75) is 37.8 Å². The molecule has 1 saturated heterocycles. The van der Waals surface area contributed by atoms with Gasteiger partial charge in [0.25, 0.3) is 0 Å². The Morgan fingerprint density at radius 2 is 2.60 bits per heavy atom. The molecule has 0 aromatic carbocycles. The number of aromatic nitrogens is 2. The minimum atomic E-state index is 0.0513. The molecule has 1 aliphatic rings. The topological polar surface area (TPSA) is 53.1 Å². The van der Waals surface area contributed by atoms with Gasteiger partial charge in [0.1, 0.15) is 0 Å². The number of rotatable bonds is 4. The van der Waals surface area contributed by atoms with E-state index in [1.807, 2.05) is 19.3 Å². The van der Waals surface area contributed by atoms with Crippen LogP contribution in [0.15, 0.2) is 12.3 Å². The van der Waals surface area contributed by atoms with Gasteiger partial charge in [0.2, 0.25) is 0 Å². The Hall–Kier alpha value is -0.870. The predicted molar refractivity (Wildman–Crippen MR) is 58.3 cm³/mol. The monoisotopic (exact) mass is 209 g/mol. The fraction of sp³-hybridized carbons (Fsp3) is 0.727. The highest BCUT2D eigenvalue weighted by Crippen LogP contribution is 2.21. The molecule has 0 aliphatic carbocycles. The number of nitrogens with two attached hydrogens (primary N) is 1. The summed E-state index contributed by atoms with van der Waals surface area (Å²) in [5.74, 6) is 0. The van der Waals surface area contributed by atoms with E-state index in [-0.39, 0.29) is 6.04 Å². The summed E-state index contributed by atoms with van der Waals surface area (Å²) in [7, 11) is 1.91. The van der Waals surface area contributed by atoms with Crippen molar-refractivity contribution in [3.05, 3.63) is 18.0 Å². The first-order valence-corrected chi connectivity index (χ1v) is 5.62. The van der Waals surface area contributed by atoms with E-state index >= 15 is 0 Å². The third-order valence-corrected chi connectivity index (χ3v) is 2.94. The van der Waals surface area contributed by atoms with Crippen LogP contribution in [0.4, 0.5) is 0 Å². The van der Waals surface area contributed by atoms with E-state index in [1.54, 1.807) is 4.68 Å². The Bertz CT molecular complexity index is 305. The lowest BCUT2D eigenvalue weighted by Crippen LogP contribution is -2.15. The van der Waals surface area contributed by atoms with Crippen LogP contribution in [0, 0.1) is 0 Å². The molecule has 2 atom stereocenters. The number of ether oxygens (including phenoxy) is 1. The van der Waals surface area contributed by atoms with E-state index in [0.717, 1.165) is 25.1 Å². The fourth-order valence-electron chi connectivity index (χ4n) is 2.02. The predicted octanol–water partition coefficient (Wildman–Crippen LogP) is 1.38. The molecule has 2 N–H and O–H groups in total. The van der Waals surface area contributed by atoms with Crippen molar-refractivity contribution in [1.29, 1.82) is 0 Å². The van der Waals surface area contributed by atoms with Crippen molar-refractivity contribution in [1.82, 2.24) is 9.78 Å². The molecule has 1 fully saturated rings. The number of nitrogens with zero attached hydrogens (tertiary/aromatic N) is 2. The van der Waals surface area contributed by atoms with E-state index in [1.165, 1.54) is 12.8 Å². The maximum Gasteiger partial charge on any atom is 0.0791 e. The molecule has 15 heavy (non-hydrogen) atoms. The Morgan fingerprint density at radius 3 is 3.20 bits per heavy atom. The van der Waals surface area contributed by atoms with Gasteiger partial charge in [-0.3, -0.25) is 4.68 Å². The number of aryl methyl sites for hydroxylation is 1. The van der Waals surface area contributed by atoms with Gasteiger partial charge in [0, 0.05) is 25.9 Å². The summed E-state index contributed by atoms with van der Waals surface area (Å²) in [6.45, 7) is 0.920. The summed E-state index contributed by atoms with van der Waals surface area (Å²) in [4.78, 5) is 0. The molecule has 4 nitrogen and oxygen atoms in total. The minimum Gasteiger partial charge on any atom is -0.378 e. The largest absolute Gasteiger partial charge is 0.378 e. The molecule has 1 aromatic rings. The highest BCUT2D eigenvalue weighted by atomic mass is 16.5. The highest BCUT2D eigenvalue weighted by Gasteiger charge is 2.17. The molecule has 0 radical (unpaired) electrons. The molecule has 84 valence electrons. The molecule has 1 aliphatic heterocycles. The summed E-state index contributed by atoms with van der Waals surface area (Å²) < 4.78 is 7.36. The zero-order valence-electron chi connectivity index (χ0n) is 9.22. The molecular formula is C11H19N3O. The molecule has 4 heteroatoms. The average Bonchev–Trinajstić information content (AvgIpc) is 2.84. The first-order chi connectivity index (χ1) is 7.25. The van der Waals surface area contributed by atoms with Crippen LogP contribution in [-0.4, -0.2) is 22.5 Å². The van der Waals surface area contributed by atoms with Gasteiger partial charge in [-0.2, -0.15) is 5.10 Å². The van der Waals surface area contributed by atoms with E-state index in [9.17, 15) is 0 Å². The first kappa shape index (κ1) is 10.6. The van der Waals surface area contributed by atoms with Crippen molar-refractivity contribution in [2.75, 3.05) is 6.61 Å². The zero-order chi connectivity index (χ0) is 10.7. The first-order valence-electron chi connectivity index (χ1n) is 5.62. The van der Waals surface area contributed by atoms with E-state index in [0.29, 0.717) is 6.10 Å². The zero-order valence-corrected chi connectivity index (χ0v) is 9.22. The van der Waals surface area contributed by atoms with Crippen molar-refractivity contribution in [2.24, 2.45) is 12.8 Å². The molecule has 1 aromatic heterocycles. The molecule has 2 rings (SSSR count). The van der Waals surface area contributed by atoms with E-state index in [2.05, 4.69) is 5.10 Å². The molecule has 2 heterocycles. The SMILES string of the molecule is Cn1ccc(C(N)CCC2CCCO2)n1. The van der Waals surface area contributed by atoms with Crippen LogP contribution in [0.25, 0.3) is 0 Å². The lowest BCUT2D eigenvalue weighted by Gasteiger charge is -2.12. The number of hydrogen-bond donors (Lipinski definition) is 1. The van der Waals surface area contributed by atoms with Crippen LogP contribution in [0.2, 0.25) is 0 Å². The quantitative estimate of drug-likeness (QED) is 0.815. The van der Waals surface area contributed by atoms with Gasteiger partial charge in [-0.25, -0.2) is 0 Å². The Morgan fingerprint density at radius 1 is 1.73 bits per heavy atom. The van der Waals surface area contributed by atoms with Gasteiger partial charge in [-0.15, -0.1) is 0 Å². The molecule has 2 unspecified atom stereocenters. The van der Waals surface area contributed by atoms with Gasteiger partial charge in [0.05, 0.1) is 11.8 Å². The fourth-order valence-corrected chi connectivity index (χ4v) is 2.02. The van der Waals surface area contributed by atoms with Crippen LogP contribution in [0.1, 0.15) is 37.4 Å². The standard InChI is InChI=1S/C11H19N3O/c1-14-7-6-11(13-14)10(12)5-4-9-3-2-8-15-9/h6-7,9-10H,2-5,8,12H2,1H3. The second-order valence-corrected chi connectivity index (χ2v) is 4.23. The van der Waals surface area contributed by atoms with Crippen LogP contribution in [0.5, 0.6) is 0 Å². The second kappa shape index (κ2) is 4.77. The third-order valence-electron chi connectivity index (χ3n) is 2.94. The molecular weight excluding hydrogens is 190 g/mol. The minimum absolute atomic E-state index is 0.0513. The van der Waals surface area contributed by atoms with Gasteiger partial charge in [0.15, 0.2) is 0 Å². The molecule has 0 saturated carbocycles. The van der Waals surface area contributed by atoms with Crippen LogP contribution in [0.3, 0.4) is 0 Å². The van der Waals surface area contributed by atoms with Gasteiger partial charge in [-0.1, -0.05) is 0 Å². The second-order valence-electron chi connectivity index (χ2n) is 4.23. The average molecular weight is 209 g/mol. The Labute approximate surface area is 90.4 Å². The van der Waals surface area contributed by atoms with Crippen molar-refractivity contribution in [3.63, 3.8) is 0 Å². The maximum absolute atomic E-state index is 6.06. The van der Waals surface area contributed by atoms with Crippen molar-refractivity contribution in [3.8, 4) is 0 Å². The van der Waals surface area contributed by atoms with Gasteiger partial charge >= 0.3 is 0 Å². The summed E-state index contributed by atoms with van der Waals surface area (Å²) in [6.07, 6.45) is 6.76.